The van der Waals surface area contributed by atoms with Crippen molar-refractivity contribution < 1.29 is 4.79 Å². The molecule has 1 aromatic heterocycles. The fraction of sp³-hybridized carbons (Fsp3) is 0.615. The fourth-order valence-electron chi connectivity index (χ4n) is 2.38. The predicted molar refractivity (Wildman–Crippen MR) is 64.4 cm³/mol. The van der Waals surface area contributed by atoms with Crippen molar-refractivity contribution in [3.8, 4) is 0 Å². The summed E-state index contributed by atoms with van der Waals surface area (Å²) < 4.78 is 0. The molecular weight excluding hydrogens is 200 g/mol. The third-order valence-electron chi connectivity index (χ3n) is 3.31. The van der Waals surface area contributed by atoms with Crippen molar-refractivity contribution >= 4 is 5.91 Å². The summed E-state index contributed by atoms with van der Waals surface area (Å²) in [5.74, 6) is 0.279. The van der Waals surface area contributed by atoms with Crippen LogP contribution in [0.2, 0.25) is 0 Å². The van der Waals surface area contributed by atoms with Gasteiger partial charge in [-0.05, 0) is 44.7 Å². The molecule has 2 heterocycles. The molecule has 1 aliphatic rings. The van der Waals surface area contributed by atoms with Crippen LogP contribution in [0.15, 0.2) is 6.07 Å². The van der Waals surface area contributed by atoms with Crippen molar-refractivity contribution in [3.05, 3.63) is 23.0 Å². The quantitative estimate of drug-likeness (QED) is 0.814. The highest BCUT2D eigenvalue weighted by Gasteiger charge is 2.17. The summed E-state index contributed by atoms with van der Waals surface area (Å²) in [5, 5.41) is 0. The van der Waals surface area contributed by atoms with E-state index in [0.717, 1.165) is 42.9 Å². The van der Waals surface area contributed by atoms with Gasteiger partial charge in [0.05, 0.1) is 6.42 Å². The van der Waals surface area contributed by atoms with Gasteiger partial charge in [-0.15, -0.1) is 0 Å². The van der Waals surface area contributed by atoms with E-state index in [-0.39, 0.29) is 5.91 Å². The first-order valence-corrected chi connectivity index (χ1v) is 6.09. The molecule has 0 saturated carbocycles. The first-order chi connectivity index (χ1) is 7.66. The monoisotopic (exact) mass is 220 g/mol. The minimum atomic E-state index is 0.279. The van der Waals surface area contributed by atoms with Crippen molar-refractivity contribution in [2.24, 2.45) is 0 Å². The number of nitrogens with zero attached hydrogens (tertiary/aromatic N) is 1. The van der Waals surface area contributed by atoms with Gasteiger partial charge in [0.2, 0.25) is 5.91 Å². The molecule has 1 fully saturated rings. The zero-order valence-electron chi connectivity index (χ0n) is 10.2. The zero-order valence-corrected chi connectivity index (χ0v) is 10.2. The van der Waals surface area contributed by atoms with E-state index in [2.05, 4.69) is 11.1 Å². The first-order valence-electron chi connectivity index (χ1n) is 6.09. The van der Waals surface area contributed by atoms with Gasteiger partial charge in [0.1, 0.15) is 0 Å². The molecule has 88 valence electrons. The van der Waals surface area contributed by atoms with Crippen LogP contribution < -0.4 is 0 Å². The number of hydrogen-bond donors (Lipinski definition) is 1. The van der Waals surface area contributed by atoms with Crippen LogP contribution in [0, 0.1) is 13.8 Å². The van der Waals surface area contributed by atoms with E-state index in [1.807, 2.05) is 18.7 Å². The molecule has 0 spiro atoms. The van der Waals surface area contributed by atoms with E-state index in [9.17, 15) is 4.79 Å². The fourth-order valence-corrected chi connectivity index (χ4v) is 2.38. The average molecular weight is 220 g/mol. The van der Waals surface area contributed by atoms with Gasteiger partial charge in [-0.3, -0.25) is 4.79 Å². The maximum Gasteiger partial charge on any atom is 0.227 e. The number of H-pyrrole nitrogens is 1. The van der Waals surface area contributed by atoms with Crippen molar-refractivity contribution in [1.29, 1.82) is 0 Å². The lowest BCUT2D eigenvalue weighted by atomic mass is 10.1. The summed E-state index contributed by atoms with van der Waals surface area (Å²) in [5.41, 5.74) is 3.41. The van der Waals surface area contributed by atoms with Crippen LogP contribution in [-0.4, -0.2) is 28.9 Å². The highest BCUT2D eigenvalue weighted by atomic mass is 16.2. The number of aromatic amines is 1. The van der Waals surface area contributed by atoms with Gasteiger partial charge in [-0.1, -0.05) is 0 Å². The second kappa shape index (κ2) is 4.73. The molecule has 16 heavy (non-hydrogen) atoms. The number of carbonyl (C=O) groups excluding carboxylic acids is 1. The molecule has 3 nitrogen and oxygen atoms in total. The molecule has 1 saturated heterocycles. The molecule has 0 unspecified atom stereocenters. The van der Waals surface area contributed by atoms with Gasteiger partial charge in [0.15, 0.2) is 0 Å². The van der Waals surface area contributed by atoms with Crippen molar-refractivity contribution in [1.82, 2.24) is 9.88 Å². The third-order valence-corrected chi connectivity index (χ3v) is 3.31. The van der Waals surface area contributed by atoms with Gasteiger partial charge in [-0.2, -0.15) is 0 Å². The topological polar surface area (TPSA) is 36.1 Å². The smallest absolute Gasteiger partial charge is 0.227 e. The van der Waals surface area contributed by atoms with Gasteiger partial charge >= 0.3 is 0 Å². The van der Waals surface area contributed by atoms with E-state index in [1.165, 1.54) is 6.42 Å². The number of aryl methyl sites for hydroxylation is 2. The number of nitrogens with one attached hydrogen (secondary N) is 1. The van der Waals surface area contributed by atoms with Crippen molar-refractivity contribution in [2.45, 2.75) is 39.5 Å². The molecule has 0 aromatic carbocycles. The SMILES string of the molecule is Cc1cc(CC(=O)N2CCCCC2)c(C)[nH]1. The zero-order chi connectivity index (χ0) is 11.5. The van der Waals surface area contributed by atoms with Crippen LogP contribution in [0.25, 0.3) is 0 Å². The van der Waals surface area contributed by atoms with Crippen molar-refractivity contribution in [2.75, 3.05) is 13.1 Å². The summed E-state index contributed by atoms with van der Waals surface area (Å²) in [7, 11) is 0. The minimum Gasteiger partial charge on any atom is -0.362 e. The molecule has 0 radical (unpaired) electrons. The van der Waals surface area contributed by atoms with Crippen LogP contribution in [0.4, 0.5) is 0 Å². The standard InChI is InChI=1S/C13H20N2O/c1-10-8-12(11(2)14-10)9-13(16)15-6-4-3-5-7-15/h8,14H,3-7,9H2,1-2H3. The van der Waals surface area contributed by atoms with Crippen LogP contribution in [0.5, 0.6) is 0 Å². The number of piperidine rings is 1. The van der Waals surface area contributed by atoms with Crippen molar-refractivity contribution in [3.63, 3.8) is 0 Å². The lowest BCUT2D eigenvalue weighted by Gasteiger charge is -2.26. The normalized spacial score (nSPS) is 16.5. The van der Waals surface area contributed by atoms with Gasteiger partial charge < -0.3 is 9.88 Å². The van der Waals surface area contributed by atoms with Crippen LogP contribution in [0.3, 0.4) is 0 Å². The van der Waals surface area contributed by atoms with E-state index >= 15 is 0 Å². The Morgan fingerprint density at radius 1 is 1.31 bits per heavy atom. The van der Waals surface area contributed by atoms with E-state index in [1.54, 1.807) is 0 Å². The minimum absolute atomic E-state index is 0.279. The number of aromatic nitrogens is 1. The Morgan fingerprint density at radius 3 is 2.56 bits per heavy atom. The van der Waals surface area contributed by atoms with Crippen LogP contribution in [0.1, 0.15) is 36.2 Å². The van der Waals surface area contributed by atoms with Gasteiger partial charge in [0, 0.05) is 24.5 Å². The molecule has 1 amide bonds. The summed E-state index contributed by atoms with van der Waals surface area (Å²) in [6.07, 6.45) is 4.15. The Hall–Kier alpha value is -1.25. The Bertz CT molecular complexity index is 375. The summed E-state index contributed by atoms with van der Waals surface area (Å²) in [6, 6.07) is 2.08. The number of likely N-dealkylation sites (tertiary alicyclic amines) is 1. The number of rotatable bonds is 2. The second-order valence-corrected chi connectivity index (χ2v) is 4.72. The Balaban J connectivity index is 1.98. The Morgan fingerprint density at radius 2 is 2.00 bits per heavy atom. The van der Waals surface area contributed by atoms with Crippen LogP contribution >= 0.6 is 0 Å². The molecule has 1 aliphatic heterocycles. The average Bonchev–Trinajstić information content (AvgIpc) is 2.59. The second-order valence-electron chi connectivity index (χ2n) is 4.72. The molecule has 0 atom stereocenters. The maximum absolute atomic E-state index is 12.0. The van der Waals surface area contributed by atoms with E-state index in [4.69, 9.17) is 0 Å². The lowest BCUT2D eigenvalue weighted by molar-refractivity contribution is -0.131. The maximum atomic E-state index is 12.0. The van der Waals surface area contributed by atoms with E-state index < -0.39 is 0 Å². The highest BCUT2D eigenvalue weighted by Crippen LogP contribution is 2.14. The largest absolute Gasteiger partial charge is 0.362 e. The summed E-state index contributed by atoms with van der Waals surface area (Å²) in [4.78, 5) is 17.3. The van der Waals surface area contributed by atoms with Gasteiger partial charge in [0.25, 0.3) is 0 Å². The number of hydrogen-bond acceptors (Lipinski definition) is 1. The first kappa shape index (κ1) is 11.2. The molecule has 0 bridgehead atoms. The molecule has 1 N–H and O–H groups in total. The molecule has 2 rings (SSSR count). The Kier molecular flexibility index (Phi) is 3.32. The molecule has 3 heteroatoms. The molecular formula is C13H20N2O. The number of amides is 1. The summed E-state index contributed by atoms with van der Waals surface area (Å²) >= 11 is 0. The third kappa shape index (κ3) is 2.46. The lowest BCUT2D eigenvalue weighted by Crippen LogP contribution is -2.36. The molecule has 1 aromatic rings. The summed E-state index contributed by atoms with van der Waals surface area (Å²) in [6.45, 7) is 5.95. The Labute approximate surface area is 96.8 Å². The molecule has 0 aliphatic carbocycles. The number of carbonyl (C=O) groups is 1. The van der Waals surface area contributed by atoms with Gasteiger partial charge in [-0.25, -0.2) is 0 Å². The predicted octanol–water partition coefficient (Wildman–Crippen LogP) is 2.19. The highest BCUT2D eigenvalue weighted by molar-refractivity contribution is 5.79. The van der Waals surface area contributed by atoms with Crippen LogP contribution in [-0.2, 0) is 11.2 Å². The van der Waals surface area contributed by atoms with E-state index in [0.29, 0.717) is 6.42 Å².